The van der Waals surface area contributed by atoms with Crippen LogP contribution in [0.1, 0.15) is 0 Å². The van der Waals surface area contributed by atoms with Gasteiger partial charge in [0.15, 0.2) is 0 Å². The van der Waals surface area contributed by atoms with Crippen molar-refractivity contribution in [3.63, 3.8) is 0 Å². The van der Waals surface area contributed by atoms with Crippen LogP contribution in [0.4, 0.5) is 0 Å². The number of fused-ring (bicyclic) bond motifs is 1. The van der Waals surface area contributed by atoms with Gasteiger partial charge in [-0.2, -0.15) is 5.10 Å². The number of carbonyl (C=O) groups excluding carboxylic acids is 1. The number of carbonyl (C=O) groups is 1. The van der Waals surface area contributed by atoms with Crippen LogP contribution in [0.2, 0.25) is 0 Å². The Balaban J connectivity index is 2.69. The molecule has 0 radical (unpaired) electrons. The van der Waals surface area contributed by atoms with Gasteiger partial charge in [-0.15, -0.1) is 0 Å². The van der Waals surface area contributed by atoms with Crippen molar-refractivity contribution >= 4 is 12.5 Å². The molecule has 3 heteroatoms. The zero-order valence-corrected chi connectivity index (χ0v) is 6.92. The minimum absolute atomic E-state index is 0.673. The van der Waals surface area contributed by atoms with Gasteiger partial charge in [-0.05, 0) is 12.1 Å². The van der Waals surface area contributed by atoms with Gasteiger partial charge < -0.3 is 0 Å². The van der Waals surface area contributed by atoms with E-state index in [0.29, 0.717) is 6.41 Å². The molecule has 1 amide bonds. The van der Waals surface area contributed by atoms with Crippen molar-refractivity contribution < 1.29 is 4.79 Å². The van der Waals surface area contributed by atoms with Gasteiger partial charge in [-0.25, -0.2) is 5.01 Å². The van der Waals surface area contributed by atoms with Gasteiger partial charge in [0.25, 0.3) is 0 Å². The summed E-state index contributed by atoms with van der Waals surface area (Å²) in [5, 5.41) is 7.18. The van der Waals surface area contributed by atoms with Crippen LogP contribution in [0.25, 0.3) is 6.08 Å². The molecule has 0 saturated heterocycles. The average Bonchev–Trinajstić information content (AvgIpc) is 2.38. The Labute approximate surface area is 75.3 Å². The van der Waals surface area contributed by atoms with Gasteiger partial charge in [0, 0.05) is 11.4 Å². The molecule has 0 aliphatic carbocycles. The maximum Gasteiger partial charge on any atom is 0.234 e. The average molecular weight is 172 g/mol. The third-order valence-electron chi connectivity index (χ3n) is 1.78. The highest BCUT2D eigenvalue weighted by Crippen LogP contribution is 1.88. The normalized spacial score (nSPS) is 13.7. The Morgan fingerprint density at radius 2 is 2.15 bits per heavy atom. The Morgan fingerprint density at radius 3 is 3.00 bits per heavy atom. The summed E-state index contributed by atoms with van der Waals surface area (Å²) in [4.78, 5) is 10.5. The molecule has 0 N–H and O–H groups in total. The van der Waals surface area contributed by atoms with Gasteiger partial charge >= 0.3 is 0 Å². The molecule has 0 saturated carbocycles. The molecular weight excluding hydrogens is 164 g/mol. The molecule has 1 aromatic carbocycles. The predicted octanol–water partition coefficient (Wildman–Crippen LogP) is -0.0126. The van der Waals surface area contributed by atoms with Crippen molar-refractivity contribution in [1.82, 2.24) is 5.01 Å². The fourth-order valence-electron chi connectivity index (χ4n) is 1.17. The number of benzene rings is 1. The fourth-order valence-corrected chi connectivity index (χ4v) is 1.17. The highest BCUT2D eigenvalue weighted by molar-refractivity contribution is 5.50. The number of amides is 1. The van der Waals surface area contributed by atoms with Crippen molar-refractivity contribution in [2.75, 3.05) is 0 Å². The smallest absolute Gasteiger partial charge is 0.234 e. The van der Waals surface area contributed by atoms with E-state index in [9.17, 15) is 4.79 Å². The molecule has 0 atom stereocenters. The number of rotatable bonds is 1. The van der Waals surface area contributed by atoms with E-state index in [0.717, 1.165) is 10.6 Å². The maximum absolute atomic E-state index is 10.5. The van der Waals surface area contributed by atoms with Gasteiger partial charge in [0.05, 0.1) is 5.36 Å². The summed E-state index contributed by atoms with van der Waals surface area (Å²) in [6.07, 6.45) is 6.01. The number of nitrogens with zero attached hydrogens (tertiary/aromatic N) is 2. The zero-order valence-electron chi connectivity index (χ0n) is 6.92. The summed E-state index contributed by atoms with van der Waals surface area (Å²) >= 11 is 0. The minimum Gasteiger partial charge on any atom is -0.276 e. The van der Waals surface area contributed by atoms with E-state index in [1.165, 1.54) is 5.01 Å². The number of hydrogen-bond acceptors (Lipinski definition) is 2. The van der Waals surface area contributed by atoms with Crippen LogP contribution in [-0.2, 0) is 4.79 Å². The number of hydrogen-bond donors (Lipinski definition) is 0. The number of allylic oxidation sites excluding steroid dienone is 1. The van der Waals surface area contributed by atoms with Crippen molar-refractivity contribution in [2.24, 2.45) is 5.10 Å². The first-order valence-electron chi connectivity index (χ1n) is 3.96. The lowest BCUT2D eigenvalue weighted by Crippen LogP contribution is -2.25. The molecule has 3 nitrogen and oxygen atoms in total. The lowest BCUT2D eigenvalue weighted by atomic mass is 10.3. The van der Waals surface area contributed by atoms with Crippen LogP contribution in [0.3, 0.4) is 0 Å². The molecule has 1 aliphatic heterocycles. The van der Waals surface area contributed by atoms with Gasteiger partial charge in [0.1, 0.15) is 0 Å². The Morgan fingerprint density at radius 1 is 1.31 bits per heavy atom. The first-order chi connectivity index (χ1) is 6.40. The largest absolute Gasteiger partial charge is 0.276 e. The lowest BCUT2D eigenvalue weighted by molar-refractivity contribution is -0.116. The molecule has 0 spiro atoms. The Kier molecular flexibility index (Phi) is 1.92. The van der Waals surface area contributed by atoms with E-state index < -0.39 is 0 Å². The summed E-state index contributed by atoms with van der Waals surface area (Å²) in [6.45, 7) is 0. The summed E-state index contributed by atoms with van der Waals surface area (Å²) in [7, 11) is 0. The molecular formula is C10H8N2O. The summed E-state index contributed by atoms with van der Waals surface area (Å²) < 4.78 is 0. The Hall–Kier alpha value is -1.90. The van der Waals surface area contributed by atoms with Crippen LogP contribution in [0.5, 0.6) is 0 Å². The van der Waals surface area contributed by atoms with Crippen molar-refractivity contribution in [3.8, 4) is 0 Å². The standard InChI is InChI=1S/C10H8N2O/c13-8-12-7-3-5-9-4-1-2-6-10(9)11-12/h1-8H. The van der Waals surface area contributed by atoms with E-state index >= 15 is 0 Å². The van der Waals surface area contributed by atoms with Crippen molar-refractivity contribution in [2.45, 2.75) is 0 Å². The summed E-state index contributed by atoms with van der Waals surface area (Å²) in [5.74, 6) is 0. The van der Waals surface area contributed by atoms with E-state index in [2.05, 4.69) is 5.10 Å². The minimum atomic E-state index is 0.673. The van der Waals surface area contributed by atoms with Crippen LogP contribution in [-0.4, -0.2) is 11.4 Å². The fraction of sp³-hybridized carbons (Fsp3) is 0. The van der Waals surface area contributed by atoms with E-state index in [1.54, 1.807) is 12.3 Å². The molecule has 2 rings (SSSR count). The second-order valence-corrected chi connectivity index (χ2v) is 2.65. The van der Waals surface area contributed by atoms with Crippen LogP contribution < -0.4 is 10.6 Å². The van der Waals surface area contributed by atoms with Crippen molar-refractivity contribution in [3.05, 3.63) is 47.1 Å². The van der Waals surface area contributed by atoms with E-state index in [1.807, 2.05) is 30.3 Å². The molecule has 64 valence electrons. The van der Waals surface area contributed by atoms with Gasteiger partial charge in [-0.1, -0.05) is 24.3 Å². The summed E-state index contributed by atoms with van der Waals surface area (Å²) in [6, 6.07) is 7.66. The first kappa shape index (κ1) is 7.73. The third kappa shape index (κ3) is 1.49. The molecule has 0 bridgehead atoms. The van der Waals surface area contributed by atoms with E-state index in [-0.39, 0.29) is 0 Å². The molecule has 0 aromatic heterocycles. The van der Waals surface area contributed by atoms with E-state index in [4.69, 9.17) is 0 Å². The predicted molar refractivity (Wildman–Crippen MR) is 48.7 cm³/mol. The monoisotopic (exact) mass is 172 g/mol. The van der Waals surface area contributed by atoms with Crippen LogP contribution in [0.15, 0.2) is 41.6 Å². The quantitative estimate of drug-likeness (QED) is 0.548. The maximum atomic E-state index is 10.5. The third-order valence-corrected chi connectivity index (χ3v) is 1.78. The molecule has 1 aliphatic rings. The molecule has 13 heavy (non-hydrogen) atoms. The SMILES string of the molecule is O=CN1C=CC=c2ccccc2=N1. The summed E-state index contributed by atoms with van der Waals surface area (Å²) in [5.41, 5.74) is 0. The second-order valence-electron chi connectivity index (χ2n) is 2.65. The highest BCUT2D eigenvalue weighted by Gasteiger charge is 1.94. The molecule has 0 fully saturated rings. The highest BCUT2D eigenvalue weighted by atomic mass is 16.1. The molecule has 1 aromatic rings. The lowest BCUT2D eigenvalue weighted by Gasteiger charge is -2.00. The topological polar surface area (TPSA) is 32.7 Å². The Bertz CT molecular complexity index is 462. The molecule has 1 heterocycles. The van der Waals surface area contributed by atoms with Crippen molar-refractivity contribution in [1.29, 1.82) is 0 Å². The molecule has 0 unspecified atom stereocenters. The zero-order chi connectivity index (χ0) is 9.10. The van der Waals surface area contributed by atoms with Gasteiger partial charge in [0.2, 0.25) is 6.41 Å². The van der Waals surface area contributed by atoms with Crippen LogP contribution >= 0.6 is 0 Å². The second kappa shape index (κ2) is 3.23. The van der Waals surface area contributed by atoms with Crippen LogP contribution in [0, 0.1) is 0 Å². The first-order valence-corrected chi connectivity index (χ1v) is 3.96. The van der Waals surface area contributed by atoms with Gasteiger partial charge in [-0.3, -0.25) is 4.79 Å².